The lowest BCUT2D eigenvalue weighted by Gasteiger charge is -2.34. The van der Waals surface area contributed by atoms with Gasteiger partial charge in [0.1, 0.15) is 0 Å². The van der Waals surface area contributed by atoms with Crippen LogP contribution in [0.15, 0.2) is 73.1 Å². The zero-order valence-electron chi connectivity index (χ0n) is 16.4. The maximum Gasteiger partial charge on any atom is 0.257 e. The molecule has 1 N–H and O–H groups in total. The molecular weight excluding hydrogens is 362 g/mol. The molecule has 1 aromatic heterocycles. The van der Waals surface area contributed by atoms with Gasteiger partial charge in [-0.3, -0.25) is 9.69 Å². The standard InChI is InChI=1S/C23H25N5O/c29-22(28-13-11-27(12-14-28)18-20-9-5-2-6-10-20)21-16-25-23(26-17-21)24-15-19-7-3-1-4-8-19/h1-10,16-17H,11-15,18H2,(H,24,25,26). The number of carbonyl (C=O) groups is 1. The summed E-state index contributed by atoms with van der Waals surface area (Å²) in [5.74, 6) is 0.525. The molecule has 0 bridgehead atoms. The van der Waals surface area contributed by atoms with Crippen LogP contribution in [-0.4, -0.2) is 51.9 Å². The van der Waals surface area contributed by atoms with E-state index in [1.807, 2.05) is 41.3 Å². The summed E-state index contributed by atoms with van der Waals surface area (Å²) in [5, 5.41) is 3.18. The number of rotatable bonds is 6. The van der Waals surface area contributed by atoms with Crippen LogP contribution in [0.3, 0.4) is 0 Å². The van der Waals surface area contributed by atoms with E-state index in [-0.39, 0.29) is 5.91 Å². The Labute approximate surface area is 171 Å². The van der Waals surface area contributed by atoms with Crippen molar-refractivity contribution in [3.8, 4) is 0 Å². The van der Waals surface area contributed by atoms with Gasteiger partial charge in [-0.25, -0.2) is 9.97 Å². The molecule has 3 aromatic rings. The molecule has 29 heavy (non-hydrogen) atoms. The first-order chi connectivity index (χ1) is 14.3. The molecule has 1 saturated heterocycles. The summed E-state index contributed by atoms with van der Waals surface area (Å²) >= 11 is 0. The SMILES string of the molecule is O=C(c1cnc(NCc2ccccc2)nc1)N1CCN(Cc2ccccc2)CC1. The van der Waals surface area contributed by atoms with Gasteiger partial charge in [-0.05, 0) is 11.1 Å². The molecule has 0 spiro atoms. The van der Waals surface area contributed by atoms with Crippen molar-refractivity contribution in [2.24, 2.45) is 0 Å². The van der Waals surface area contributed by atoms with E-state index < -0.39 is 0 Å². The van der Waals surface area contributed by atoms with Gasteiger partial charge in [-0.2, -0.15) is 0 Å². The molecule has 2 aromatic carbocycles. The molecule has 148 valence electrons. The third kappa shape index (κ3) is 5.18. The van der Waals surface area contributed by atoms with Gasteiger partial charge in [-0.1, -0.05) is 60.7 Å². The Morgan fingerprint density at radius 1 is 0.828 bits per heavy atom. The topological polar surface area (TPSA) is 61.4 Å². The molecule has 1 aliphatic rings. The highest BCUT2D eigenvalue weighted by molar-refractivity contribution is 5.93. The van der Waals surface area contributed by atoms with Crippen LogP contribution >= 0.6 is 0 Å². The molecule has 6 heteroatoms. The fourth-order valence-corrected chi connectivity index (χ4v) is 3.44. The number of hydrogen-bond acceptors (Lipinski definition) is 5. The Hall–Kier alpha value is -3.25. The minimum absolute atomic E-state index is 0.000953. The third-order valence-corrected chi connectivity index (χ3v) is 5.10. The van der Waals surface area contributed by atoms with E-state index in [0.717, 1.165) is 38.3 Å². The second-order valence-electron chi connectivity index (χ2n) is 7.19. The molecular formula is C23H25N5O. The highest BCUT2D eigenvalue weighted by Gasteiger charge is 2.22. The van der Waals surface area contributed by atoms with Crippen molar-refractivity contribution in [2.75, 3.05) is 31.5 Å². The van der Waals surface area contributed by atoms with Gasteiger partial charge in [0.2, 0.25) is 5.95 Å². The molecule has 6 nitrogen and oxygen atoms in total. The maximum atomic E-state index is 12.8. The average Bonchev–Trinajstić information content (AvgIpc) is 2.79. The predicted molar refractivity (Wildman–Crippen MR) is 113 cm³/mol. The van der Waals surface area contributed by atoms with E-state index in [0.29, 0.717) is 18.1 Å². The summed E-state index contributed by atoms with van der Waals surface area (Å²) in [6.07, 6.45) is 3.22. The number of amides is 1. The molecule has 1 amide bonds. The van der Waals surface area contributed by atoms with Crippen LogP contribution in [0.5, 0.6) is 0 Å². The van der Waals surface area contributed by atoms with Gasteiger partial charge < -0.3 is 10.2 Å². The van der Waals surface area contributed by atoms with Gasteiger partial charge in [0.05, 0.1) is 5.56 Å². The fourth-order valence-electron chi connectivity index (χ4n) is 3.44. The zero-order chi connectivity index (χ0) is 19.9. The number of benzene rings is 2. The van der Waals surface area contributed by atoms with Crippen LogP contribution in [-0.2, 0) is 13.1 Å². The van der Waals surface area contributed by atoms with Crippen molar-refractivity contribution in [1.82, 2.24) is 19.8 Å². The van der Waals surface area contributed by atoms with Crippen LogP contribution < -0.4 is 5.32 Å². The Morgan fingerprint density at radius 2 is 1.41 bits per heavy atom. The zero-order valence-corrected chi connectivity index (χ0v) is 16.4. The lowest BCUT2D eigenvalue weighted by Crippen LogP contribution is -2.48. The largest absolute Gasteiger partial charge is 0.350 e. The quantitative estimate of drug-likeness (QED) is 0.704. The van der Waals surface area contributed by atoms with Gasteiger partial charge in [0.25, 0.3) is 5.91 Å². The second kappa shape index (κ2) is 9.30. The fraction of sp³-hybridized carbons (Fsp3) is 0.261. The number of piperazine rings is 1. The van der Waals surface area contributed by atoms with E-state index in [1.165, 1.54) is 5.56 Å². The molecule has 1 fully saturated rings. The normalized spacial score (nSPS) is 14.6. The summed E-state index contributed by atoms with van der Waals surface area (Å²) in [5.41, 5.74) is 3.00. The molecule has 0 saturated carbocycles. The van der Waals surface area contributed by atoms with E-state index in [1.54, 1.807) is 12.4 Å². The smallest absolute Gasteiger partial charge is 0.257 e. The van der Waals surface area contributed by atoms with Crippen LogP contribution in [0.25, 0.3) is 0 Å². The minimum Gasteiger partial charge on any atom is -0.350 e. The molecule has 0 unspecified atom stereocenters. The lowest BCUT2D eigenvalue weighted by molar-refractivity contribution is 0.0627. The van der Waals surface area contributed by atoms with E-state index in [2.05, 4.69) is 44.5 Å². The number of anilines is 1. The van der Waals surface area contributed by atoms with Gasteiger partial charge in [0, 0.05) is 51.7 Å². The molecule has 0 radical (unpaired) electrons. The minimum atomic E-state index is -0.000953. The first kappa shape index (κ1) is 19.1. The van der Waals surface area contributed by atoms with Crippen molar-refractivity contribution in [3.05, 3.63) is 89.7 Å². The Balaban J connectivity index is 1.27. The number of nitrogens with one attached hydrogen (secondary N) is 1. The van der Waals surface area contributed by atoms with Gasteiger partial charge in [0.15, 0.2) is 0 Å². The van der Waals surface area contributed by atoms with E-state index in [9.17, 15) is 4.79 Å². The number of carbonyl (C=O) groups excluding carboxylic acids is 1. The first-order valence-electron chi connectivity index (χ1n) is 9.93. The number of hydrogen-bond donors (Lipinski definition) is 1. The maximum absolute atomic E-state index is 12.8. The van der Waals surface area contributed by atoms with Crippen molar-refractivity contribution in [3.63, 3.8) is 0 Å². The highest BCUT2D eigenvalue weighted by atomic mass is 16.2. The van der Waals surface area contributed by atoms with Crippen molar-refractivity contribution in [1.29, 1.82) is 0 Å². The predicted octanol–water partition coefficient (Wildman–Crippen LogP) is 3.05. The Morgan fingerprint density at radius 3 is 2.03 bits per heavy atom. The Kier molecular flexibility index (Phi) is 6.12. The molecule has 0 aliphatic carbocycles. The monoisotopic (exact) mass is 387 g/mol. The molecule has 2 heterocycles. The van der Waals surface area contributed by atoms with Crippen LogP contribution in [0, 0.1) is 0 Å². The second-order valence-corrected chi connectivity index (χ2v) is 7.19. The summed E-state index contributed by atoms with van der Waals surface area (Å²) in [4.78, 5) is 25.6. The number of aromatic nitrogens is 2. The van der Waals surface area contributed by atoms with Crippen LogP contribution in [0.4, 0.5) is 5.95 Å². The van der Waals surface area contributed by atoms with Crippen LogP contribution in [0.2, 0.25) is 0 Å². The summed E-state index contributed by atoms with van der Waals surface area (Å²) < 4.78 is 0. The van der Waals surface area contributed by atoms with Gasteiger partial charge in [-0.15, -0.1) is 0 Å². The van der Waals surface area contributed by atoms with Crippen molar-refractivity contribution in [2.45, 2.75) is 13.1 Å². The third-order valence-electron chi connectivity index (χ3n) is 5.10. The van der Waals surface area contributed by atoms with Gasteiger partial charge >= 0.3 is 0 Å². The molecule has 1 aliphatic heterocycles. The first-order valence-corrected chi connectivity index (χ1v) is 9.93. The average molecular weight is 387 g/mol. The summed E-state index contributed by atoms with van der Waals surface area (Å²) in [6, 6.07) is 20.5. The highest BCUT2D eigenvalue weighted by Crippen LogP contribution is 2.12. The van der Waals surface area contributed by atoms with E-state index >= 15 is 0 Å². The summed E-state index contributed by atoms with van der Waals surface area (Å²) in [6.45, 7) is 4.76. The van der Waals surface area contributed by atoms with Crippen LogP contribution in [0.1, 0.15) is 21.5 Å². The van der Waals surface area contributed by atoms with E-state index in [4.69, 9.17) is 0 Å². The van der Waals surface area contributed by atoms with Crippen molar-refractivity contribution >= 4 is 11.9 Å². The Bertz CT molecular complexity index is 907. The number of nitrogens with zero attached hydrogens (tertiary/aromatic N) is 4. The van der Waals surface area contributed by atoms with Crippen molar-refractivity contribution < 1.29 is 4.79 Å². The molecule has 4 rings (SSSR count). The lowest BCUT2D eigenvalue weighted by atomic mass is 10.2. The molecule has 0 atom stereocenters. The summed E-state index contributed by atoms with van der Waals surface area (Å²) in [7, 11) is 0.